The van der Waals surface area contributed by atoms with Gasteiger partial charge in [-0.1, -0.05) is 26.3 Å². The molecule has 5 N–H and O–H groups in total. The number of urea groups is 1. The molecule has 1 aliphatic carbocycles. The summed E-state index contributed by atoms with van der Waals surface area (Å²) in [6.45, 7) is 4.49. The maximum atomic E-state index is 11.9. The minimum absolute atomic E-state index is 0.0267. The van der Waals surface area contributed by atoms with Gasteiger partial charge in [-0.15, -0.1) is 0 Å². The van der Waals surface area contributed by atoms with Gasteiger partial charge in [0, 0.05) is 12.5 Å². The van der Waals surface area contributed by atoms with E-state index in [0.29, 0.717) is 13.0 Å². The Morgan fingerprint density at radius 1 is 1.27 bits per heavy atom. The molecule has 0 saturated heterocycles. The summed E-state index contributed by atoms with van der Waals surface area (Å²) in [5.41, 5.74) is 4.86. The van der Waals surface area contributed by atoms with Crippen LogP contribution >= 0.6 is 0 Å². The number of unbranched alkanes of at least 4 members (excludes halogenated alkanes) is 3. The van der Waals surface area contributed by atoms with Gasteiger partial charge >= 0.3 is 12.0 Å². The van der Waals surface area contributed by atoms with Crippen LogP contribution < -0.4 is 16.4 Å². The van der Waals surface area contributed by atoms with E-state index in [-0.39, 0.29) is 22.9 Å². The molecule has 7 heteroatoms. The molecule has 1 rings (SSSR count). The number of hydrogen-bond acceptors (Lipinski definition) is 3. The Hall–Kier alpha value is -2.05. The largest absolute Gasteiger partial charge is 0.477 e. The Bertz CT molecular complexity index is 471. The molecule has 1 saturated carbocycles. The van der Waals surface area contributed by atoms with Gasteiger partial charge in [0.2, 0.25) is 5.91 Å². The zero-order valence-corrected chi connectivity index (χ0v) is 13.1. The quantitative estimate of drug-likeness (QED) is 0.379. The summed E-state index contributed by atoms with van der Waals surface area (Å²) in [4.78, 5) is 33.5. The number of carbonyl (C=O) groups is 3. The smallest absolute Gasteiger partial charge is 0.352 e. The van der Waals surface area contributed by atoms with Gasteiger partial charge in [-0.05, 0) is 31.1 Å². The fraction of sp³-hybridized carbons (Fsp3) is 0.667. The summed E-state index contributed by atoms with van der Waals surface area (Å²) in [5, 5.41) is 14.1. The van der Waals surface area contributed by atoms with Gasteiger partial charge < -0.3 is 21.5 Å². The van der Waals surface area contributed by atoms with Crippen molar-refractivity contribution in [3.8, 4) is 0 Å². The summed E-state index contributed by atoms with van der Waals surface area (Å²) in [6.07, 6.45) is 5.29. The van der Waals surface area contributed by atoms with Crippen LogP contribution in [0.2, 0.25) is 0 Å². The number of allylic oxidation sites excluding steroid dienone is 1. The summed E-state index contributed by atoms with van der Waals surface area (Å²) in [6, 6.07) is -0.543. The molecule has 0 aromatic heterocycles. The lowest BCUT2D eigenvalue weighted by molar-refractivity contribution is -0.135. The highest BCUT2D eigenvalue weighted by molar-refractivity contribution is 5.94. The van der Waals surface area contributed by atoms with Crippen LogP contribution in [0.5, 0.6) is 0 Å². The van der Waals surface area contributed by atoms with Crippen LogP contribution in [0, 0.1) is 11.3 Å². The number of rotatable bonds is 9. The lowest BCUT2D eigenvalue weighted by atomic mass is 10.1. The van der Waals surface area contributed by atoms with Gasteiger partial charge in [-0.25, -0.2) is 9.59 Å². The van der Waals surface area contributed by atoms with Crippen molar-refractivity contribution in [2.24, 2.45) is 17.1 Å². The van der Waals surface area contributed by atoms with Crippen molar-refractivity contribution in [2.75, 3.05) is 6.54 Å². The van der Waals surface area contributed by atoms with E-state index in [1.165, 1.54) is 6.08 Å². The van der Waals surface area contributed by atoms with E-state index in [9.17, 15) is 14.4 Å². The fourth-order valence-electron chi connectivity index (χ4n) is 2.23. The minimum Gasteiger partial charge on any atom is -0.477 e. The van der Waals surface area contributed by atoms with E-state index in [1.807, 2.05) is 13.8 Å². The molecule has 22 heavy (non-hydrogen) atoms. The number of aliphatic carboxylic acids is 1. The second-order valence-corrected chi connectivity index (χ2v) is 6.30. The fourth-order valence-corrected chi connectivity index (χ4v) is 2.23. The van der Waals surface area contributed by atoms with Crippen molar-refractivity contribution in [3.63, 3.8) is 0 Å². The Morgan fingerprint density at radius 2 is 1.91 bits per heavy atom. The van der Waals surface area contributed by atoms with E-state index >= 15 is 0 Å². The lowest BCUT2D eigenvalue weighted by Crippen LogP contribution is -2.30. The Labute approximate surface area is 130 Å². The lowest BCUT2D eigenvalue weighted by Gasteiger charge is -2.07. The molecule has 3 amide bonds. The van der Waals surface area contributed by atoms with Crippen LogP contribution in [0.3, 0.4) is 0 Å². The number of nitrogens with two attached hydrogens (primary N) is 1. The van der Waals surface area contributed by atoms with E-state index < -0.39 is 12.0 Å². The van der Waals surface area contributed by atoms with E-state index in [0.717, 1.165) is 25.7 Å². The molecule has 0 heterocycles. The molecule has 0 aromatic carbocycles. The summed E-state index contributed by atoms with van der Waals surface area (Å²) >= 11 is 0. The second-order valence-electron chi connectivity index (χ2n) is 6.30. The first kappa shape index (κ1) is 18.0. The molecule has 1 aliphatic rings. The molecule has 0 radical (unpaired) electrons. The zero-order chi connectivity index (χ0) is 16.8. The van der Waals surface area contributed by atoms with Crippen molar-refractivity contribution < 1.29 is 19.5 Å². The highest BCUT2D eigenvalue weighted by Gasteiger charge is 2.50. The monoisotopic (exact) mass is 311 g/mol. The first-order chi connectivity index (χ1) is 10.2. The number of carboxylic acids is 1. The molecule has 7 nitrogen and oxygen atoms in total. The van der Waals surface area contributed by atoms with E-state index in [2.05, 4.69) is 10.6 Å². The summed E-state index contributed by atoms with van der Waals surface area (Å²) in [7, 11) is 0. The average molecular weight is 311 g/mol. The van der Waals surface area contributed by atoms with E-state index in [1.54, 1.807) is 0 Å². The van der Waals surface area contributed by atoms with Crippen molar-refractivity contribution in [1.82, 2.24) is 10.6 Å². The van der Waals surface area contributed by atoms with Gasteiger partial charge in [0.25, 0.3) is 0 Å². The predicted molar refractivity (Wildman–Crippen MR) is 81.8 cm³/mol. The van der Waals surface area contributed by atoms with Crippen LogP contribution in [0.25, 0.3) is 0 Å². The molecule has 0 bridgehead atoms. The van der Waals surface area contributed by atoms with Crippen LogP contribution in [0.15, 0.2) is 11.8 Å². The number of hydrogen-bond donors (Lipinski definition) is 4. The standard InChI is InChI=1S/C15H25N3O4/c1-15(2)9-10(15)12(19)18-11(13(20)21)7-5-3-4-6-8-17-14(16)22/h7,10H,3-6,8-9H2,1-2H3,(H,18,19)(H,20,21)(H3,16,17,22)/b11-7-. The topological polar surface area (TPSA) is 122 Å². The Kier molecular flexibility index (Phi) is 6.39. The number of carboxylic acid groups (broad SMARTS) is 1. The van der Waals surface area contributed by atoms with Gasteiger partial charge in [0.1, 0.15) is 5.70 Å². The third kappa shape index (κ3) is 6.15. The Morgan fingerprint density at radius 3 is 2.41 bits per heavy atom. The predicted octanol–water partition coefficient (Wildman–Crippen LogP) is 1.35. The maximum absolute atomic E-state index is 11.9. The molecule has 1 fully saturated rings. The zero-order valence-electron chi connectivity index (χ0n) is 13.1. The van der Waals surface area contributed by atoms with Crippen LogP contribution in [-0.2, 0) is 9.59 Å². The molecular formula is C15H25N3O4. The van der Waals surface area contributed by atoms with Crippen molar-refractivity contribution >= 4 is 17.9 Å². The molecule has 124 valence electrons. The first-order valence-corrected chi connectivity index (χ1v) is 7.51. The number of amides is 3. The first-order valence-electron chi connectivity index (χ1n) is 7.51. The average Bonchev–Trinajstić information content (AvgIpc) is 3.04. The van der Waals surface area contributed by atoms with Crippen molar-refractivity contribution in [1.29, 1.82) is 0 Å². The molecular weight excluding hydrogens is 286 g/mol. The summed E-state index contributed by atoms with van der Waals surface area (Å²) < 4.78 is 0. The highest BCUT2D eigenvalue weighted by Crippen LogP contribution is 2.51. The minimum atomic E-state index is -1.12. The number of primary amides is 1. The van der Waals surface area contributed by atoms with Crippen LogP contribution in [0.1, 0.15) is 46.0 Å². The molecule has 0 aromatic rings. The molecule has 1 unspecified atom stereocenters. The number of nitrogens with one attached hydrogen (secondary N) is 2. The Balaban J connectivity index is 2.29. The van der Waals surface area contributed by atoms with Crippen LogP contribution in [0.4, 0.5) is 4.79 Å². The normalized spacial score (nSPS) is 19.4. The second kappa shape index (κ2) is 7.82. The van der Waals surface area contributed by atoms with Crippen molar-refractivity contribution in [3.05, 3.63) is 11.8 Å². The summed E-state index contributed by atoms with van der Waals surface area (Å²) in [5.74, 6) is -1.44. The maximum Gasteiger partial charge on any atom is 0.352 e. The van der Waals surface area contributed by atoms with Gasteiger partial charge in [0.05, 0.1) is 0 Å². The molecule has 0 aliphatic heterocycles. The van der Waals surface area contributed by atoms with Crippen molar-refractivity contribution in [2.45, 2.75) is 46.0 Å². The van der Waals surface area contributed by atoms with Crippen LogP contribution in [-0.4, -0.2) is 29.6 Å². The molecule has 0 spiro atoms. The van der Waals surface area contributed by atoms with Gasteiger partial charge in [-0.2, -0.15) is 0 Å². The van der Waals surface area contributed by atoms with Gasteiger partial charge in [0.15, 0.2) is 0 Å². The third-order valence-corrected chi connectivity index (χ3v) is 3.85. The SMILES string of the molecule is CC1(C)CC1C(=O)N/C(=C\CCCCCNC(N)=O)C(=O)O. The van der Waals surface area contributed by atoms with Gasteiger partial charge in [-0.3, -0.25) is 4.79 Å². The van der Waals surface area contributed by atoms with E-state index in [4.69, 9.17) is 10.8 Å². The number of carbonyl (C=O) groups excluding carboxylic acids is 2. The third-order valence-electron chi connectivity index (χ3n) is 3.85. The highest BCUT2D eigenvalue weighted by atomic mass is 16.4. The molecule has 1 atom stereocenters.